The topological polar surface area (TPSA) is 42.0 Å². The van der Waals surface area contributed by atoms with Gasteiger partial charge >= 0.3 is 0 Å². The molecule has 3 aromatic carbocycles. The van der Waals surface area contributed by atoms with E-state index in [-0.39, 0.29) is 5.91 Å². The standard InChI is InChI=1S/C25H20N2OS/c28-25(23-13-8-19-7-6-18-4-1-5-22(23)24(18)19)27-20-9-11-21(12-10-20)29-16-17-3-2-14-26-15-17/h1-5,8-15H,6-7,16H2,(H,27,28). The molecule has 142 valence electrons. The summed E-state index contributed by atoms with van der Waals surface area (Å²) in [6, 6.07) is 22.4. The van der Waals surface area contributed by atoms with Gasteiger partial charge in [0.2, 0.25) is 0 Å². The van der Waals surface area contributed by atoms with Crippen molar-refractivity contribution in [2.24, 2.45) is 0 Å². The Hall–Kier alpha value is -3.11. The van der Waals surface area contributed by atoms with Gasteiger partial charge in [-0.2, -0.15) is 0 Å². The van der Waals surface area contributed by atoms with Crippen molar-refractivity contribution in [2.75, 3.05) is 5.32 Å². The van der Waals surface area contributed by atoms with Crippen LogP contribution in [0.5, 0.6) is 0 Å². The molecule has 0 radical (unpaired) electrons. The second-order valence-corrected chi connectivity index (χ2v) is 8.29. The zero-order chi connectivity index (χ0) is 19.6. The van der Waals surface area contributed by atoms with Crippen molar-refractivity contribution in [3.05, 3.63) is 101 Å². The van der Waals surface area contributed by atoms with Gasteiger partial charge in [0.1, 0.15) is 0 Å². The number of carbonyl (C=O) groups is 1. The zero-order valence-corrected chi connectivity index (χ0v) is 16.7. The van der Waals surface area contributed by atoms with E-state index in [4.69, 9.17) is 0 Å². The molecule has 1 N–H and O–H groups in total. The highest BCUT2D eigenvalue weighted by Crippen LogP contribution is 2.33. The Morgan fingerprint density at radius 3 is 2.55 bits per heavy atom. The molecule has 0 saturated carbocycles. The Labute approximate surface area is 174 Å². The molecule has 0 aliphatic heterocycles. The number of aryl methyl sites for hydroxylation is 2. The molecule has 4 heteroatoms. The molecule has 5 rings (SSSR count). The highest BCUT2D eigenvalue weighted by molar-refractivity contribution is 7.98. The molecular formula is C25H20N2OS. The number of pyridine rings is 1. The first kappa shape index (κ1) is 18.0. The van der Waals surface area contributed by atoms with Crippen molar-refractivity contribution in [3.8, 4) is 0 Å². The minimum Gasteiger partial charge on any atom is -0.322 e. The lowest BCUT2D eigenvalue weighted by atomic mass is 9.99. The van der Waals surface area contributed by atoms with Crippen molar-refractivity contribution < 1.29 is 4.79 Å². The Morgan fingerprint density at radius 1 is 0.931 bits per heavy atom. The minimum atomic E-state index is -0.0589. The second kappa shape index (κ2) is 7.72. The molecule has 0 fully saturated rings. The fourth-order valence-electron chi connectivity index (χ4n) is 3.93. The maximum Gasteiger partial charge on any atom is 0.256 e. The number of amides is 1. The van der Waals surface area contributed by atoms with Crippen LogP contribution in [0.3, 0.4) is 0 Å². The smallest absolute Gasteiger partial charge is 0.256 e. The normalized spacial score (nSPS) is 12.3. The lowest BCUT2D eigenvalue weighted by molar-refractivity contribution is 0.102. The van der Waals surface area contributed by atoms with Gasteiger partial charge in [-0.15, -0.1) is 11.8 Å². The highest BCUT2D eigenvalue weighted by atomic mass is 32.2. The molecule has 1 heterocycles. The van der Waals surface area contributed by atoms with E-state index in [2.05, 4.69) is 40.6 Å². The van der Waals surface area contributed by atoms with E-state index in [1.54, 1.807) is 18.0 Å². The van der Waals surface area contributed by atoms with Crippen LogP contribution in [0.2, 0.25) is 0 Å². The van der Waals surface area contributed by atoms with Gasteiger partial charge in [0.05, 0.1) is 0 Å². The van der Waals surface area contributed by atoms with Gasteiger partial charge in [0, 0.05) is 34.3 Å². The summed E-state index contributed by atoms with van der Waals surface area (Å²) in [6.45, 7) is 0. The van der Waals surface area contributed by atoms with E-state index in [0.717, 1.165) is 40.1 Å². The summed E-state index contributed by atoms with van der Waals surface area (Å²) >= 11 is 1.76. The van der Waals surface area contributed by atoms with Crippen LogP contribution in [0.4, 0.5) is 5.69 Å². The molecule has 1 aromatic heterocycles. The maximum absolute atomic E-state index is 12.9. The fraction of sp³-hybridized carbons (Fsp3) is 0.120. The molecule has 1 aliphatic rings. The van der Waals surface area contributed by atoms with Crippen LogP contribution in [0, 0.1) is 0 Å². The minimum absolute atomic E-state index is 0.0589. The van der Waals surface area contributed by atoms with Crippen molar-refractivity contribution >= 4 is 34.1 Å². The second-order valence-electron chi connectivity index (χ2n) is 7.24. The van der Waals surface area contributed by atoms with Crippen molar-refractivity contribution in [1.29, 1.82) is 0 Å². The summed E-state index contributed by atoms with van der Waals surface area (Å²) in [5, 5.41) is 5.37. The van der Waals surface area contributed by atoms with Crippen molar-refractivity contribution in [2.45, 2.75) is 23.5 Å². The van der Waals surface area contributed by atoms with E-state index >= 15 is 0 Å². The predicted molar refractivity (Wildman–Crippen MR) is 120 cm³/mol. The Kier molecular flexibility index (Phi) is 4.78. The van der Waals surface area contributed by atoms with Gasteiger partial charge in [0.25, 0.3) is 5.91 Å². The number of rotatable bonds is 5. The number of nitrogens with zero attached hydrogens (tertiary/aromatic N) is 1. The number of aromatic nitrogens is 1. The van der Waals surface area contributed by atoms with Gasteiger partial charge < -0.3 is 5.32 Å². The van der Waals surface area contributed by atoms with E-state index < -0.39 is 0 Å². The van der Waals surface area contributed by atoms with Gasteiger partial charge in [-0.1, -0.05) is 30.3 Å². The molecule has 3 nitrogen and oxygen atoms in total. The third-order valence-corrected chi connectivity index (χ3v) is 6.45. The summed E-state index contributed by atoms with van der Waals surface area (Å²) in [5.74, 6) is 0.816. The first-order chi connectivity index (χ1) is 14.3. The average Bonchev–Trinajstić information content (AvgIpc) is 3.19. The SMILES string of the molecule is O=C(Nc1ccc(SCc2cccnc2)cc1)c1ccc2c3c(cccc13)CC2. The van der Waals surface area contributed by atoms with Gasteiger partial charge in [0.15, 0.2) is 0 Å². The Balaban J connectivity index is 1.31. The summed E-state index contributed by atoms with van der Waals surface area (Å²) in [6.07, 6.45) is 5.80. The lowest BCUT2D eigenvalue weighted by Crippen LogP contribution is -2.12. The molecular weight excluding hydrogens is 376 g/mol. The summed E-state index contributed by atoms with van der Waals surface area (Å²) in [7, 11) is 0. The van der Waals surface area contributed by atoms with Crippen LogP contribution in [0.15, 0.2) is 84.0 Å². The third kappa shape index (κ3) is 3.64. The summed E-state index contributed by atoms with van der Waals surface area (Å²) < 4.78 is 0. The number of nitrogens with one attached hydrogen (secondary N) is 1. The Bertz CT molecular complexity index is 1180. The maximum atomic E-state index is 12.9. The molecule has 1 aliphatic carbocycles. The molecule has 1 amide bonds. The molecule has 4 aromatic rings. The molecule has 0 unspecified atom stereocenters. The van der Waals surface area contributed by atoms with Crippen LogP contribution in [-0.2, 0) is 18.6 Å². The van der Waals surface area contributed by atoms with Gasteiger partial charge in [-0.25, -0.2) is 0 Å². The number of carbonyl (C=O) groups excluding carboxylic acids is 1. The molecule has 29 heavy (non-hydrogen) atoms. The fourth-order valence-corrected chi connectivity index (χ4v) is 4.76. The first-order valence-corrected chi connectivity index (χ1v) is 10.7. The number of anilines is 1. The summed E-state index contributed by atoms with van der Waals surface area (Å²) in [5.41, 5.74) is 5.44. The monoisotopic (exact) mass is 396 g/mol. The third-order valence-electron chi connectivity index (χ3n) is 5.36. The van der Waals surface area contributed by atoms with Crippen LogP contribution in [0.25, 0.3) is 10.8 Å². The molecule has 0 saturated heterocycles. The van der Waals surface area contributed by atoms with Crippen LogP contribution in [0.1, 0.15) is 27.0 Å². The highest BCUT2D eigenvalue weighted by Gasteiger charge is 2.18. The predicted octanol–water partition coefficient (Wildman–Crippen LogP) is 5.88. The van der Waals surface area contributed by atoms with Crippen LogP contribution >= 0.6 is 11.8 Å². The van der Waals surface area contributed by atoms with E-state index in [9.17, 15) is 4.79 Å². The zero-order valence-electron chi connectivity index (χ0n) is 15.9. The Morgan fingerprint density at radius 2 is 1.76 bits per heavy atom. The molecule has 0 atom stereocenters. The van der Waals surface area contributed by atoms with Gasteiger partial charge in [-0.3, -0.25) is 9.78 Å². The summed E-state index contributed by atoms with van der Waals surface area (Å²) in [4.78, 5) is 18.3. The van der Waals surface area contributed by atoms with E-state index in [1.165, 1.54) is 22.1 Å². The molecule has 0 bridgehead atoms. The van der Waals surface area contributed by atoms with Crippen LogP contribution in [-0.4, -0.2) is 10.9 Å². The average molecular weight is 397 g/mol. The first-order valence-electron chi connectivity index (χ1n) is 9.74. The van der Waals surface area contributed by atoms with Crippen molar-refractivity contribution in [3.63, 3.8) is 0 Å². The number of benzene rings is 3. The largest absolute Gasteiger partial charge is 0.322 e. The van der Waals surface area contributed by atoms with Gasteiger partial charge in [-0.05, 0) is 76.7 Å². The number of thioether (sulfide) groups is 1. The lowest BCUT2D eigenvalue weighted by Gasteiger charge is -2.10. The van der Waals surface area contributed by atoms with Crippen molar-refractivity contribution in [1.82, 2.24) is 4.98 Å². The quantitative estimate of drug-likeness (QED) is 0.429. The van der Waals surface area contributed by atoms with E-state index in [0.29, 0.717) is 0 Å². The molecule has 0 spiro atoms. The number of hydrogen-bond acceptors (Lipinski definition) is 3. The van der Waals surface area contributed by atoms with Crippen LogP contribution < -0.4 is 5.32 Å². The van der Waals surface area contributed by atoms with E-state index in [1.807, 2.05) is 42.6 Å². The number of hydrogen-bond donors (Lipinski definition) is 1.